The molecular weight excluding hydrogens is 184 g/mol. The van der Waals surface area contributed by atoms with E-state index in [9.17, 15) is 5.11 Å². The van der Waals surface area contributed by atoms with E-state index < -0.39 is 0 Å². The van der Waals surface area contributed by atoms with Gasteiger partial charge in [0.25, 0.3) is 0 Å². The van der Waals surface area contributed by atoms with Crippen molar-refractivity contribution in [2.45, 2.75) is 13.0 Å². The molecule has 0 bridgehead atoms. The Kier molecular flexibility index (Phi) is 8.97. The number of aliphatic hydroxyl groups excluding tert-OH is 1. The quantitative estimate of drug-likeness (QED) is 0.558. The smallest absolute Gasteiger partial charge is 0.0754 e. The first-order chi connectivity index (χ1) is 6.16. The first-order valence-electron chi connectivity index (χ1n) is 4.78. The number of hydrogen-bond donors (Lipinski definition) is 2. The Morgan fingerprint density at radius 1 is 1.46 bits per heavy atom. The molecular formula is C9H22N2OS. The maximum absolute atomic E-state index is 9.45. The van der Waals surface area contributed by atoms with Gasteiger partial charge in [0.1, 0.15) is 0 Å². The zero-order valence-electron chi connectivity index (χ0n) is 8.92. The lowest BCUT2D eigenvalue weighted by atomic mass is 10.4. The third-order valence-corrected chi connectivity index (χ3v) is 2.71. The van der Waals surface area contributed by atoms with Crippen LogP contribution in [0.2, 0.25) is 0 Å². The molecule has 0 heterocycles. The third-order valence-electron chi connectivity index (χ3n) is 1.62. The van der Waals surface area contributed by atoms with Gasteiger partial charge in [0.2, 0.25) is 0 Å². The summed E-state index contributed by atoms with van der Waals surface area (Å²) < 4.78 is 0. The molecule has 0 spiro atoms. The van der Waals surface area contributed by atoms with Crippen molar-refractivity contribution >= 4 is 11.8 Å². The monoisotopic (exact) mass is 206 g/mol. The summed E-state index contributed by atoms with van der Waals surface area (Å²) in [5.41, 5.74) is 0. The second-order valence-electron chi connectivity index (χ2n) is 3.34. The van der Waals surface area contributed by atoms with Crippen LogP contribution in [0.4, 0.5) is 0 Å². The van der Waals surface area contributed by atoms with Crippen LogP contribution < -0.4 is 5.32 Å². The topological polar surface area (TPSA) is 35.5 Å². The summed E-state index contributed by atoms with van der Waals surface area (Å²) in [6.07, 6.45) is -0.202. The Hall–Kier alpha value is 0.230. The van der Waals surface area contributed by atoms with Gasteiger partial charge in [-0.3, -0.25) is 0 Å². The van der Waals surface area contributed by atoms with Crippen LogP contribution in [0.15, 0.2) is 0 Å². The molecule has 0 saturated heterocycles. The van der Waals surface area contributed by atoms with Crippen LogP contribution in [0, 0.1) is 0 Å². The molecule has 4 heteroatoms. The Bertz CT molecular complexity index is 112. The Labute approximate surface area is 85.9 Å². The standard InChI is InChI=1S/C9H22N2OS/c1-4-10-7-9(12)8-13-6-5-11(2)3/h9-10,12H,4-8H2,1-3H3. The van der Waals surface area contributed by atoms with Gasteiger partial charge < -0.3 is 15.3 Å². The van der Waals surface area contributed by atoms with Crippen molar-refractivity contribution in [3.8, 4) is 0 Å². The fourth-order valence-corrected chi connectivity index (χ4v) is 1.89. The van der Waals surface area contributed by atoms with Crippen LogP contribution in [0.1, 0.15) is 6.92 Å². The van der Waals surface area contributed by atoms with Crippen LogP contribution >= 0.6 is 11.8 Å². The SMILES string of the molecule is CCNCC(O)CSCCN(C)C. The predicted molar refractivity (Wildman–Crippen MR) is 60.4 cm³/mol. The van der Waals surface area contributed by atoms with Crippen molar-refractivity contribution in [2.75, 3.05) is 45.2 Å². The predicted octanol–water partition coefficient (Wildman–Crippen LogP) is 0.252. The van der Waals surface area contributed by atoms with E-state index in [-0.39, 0.29) is 6.10 Å². The first-order valence-corrected chi connectivity index (χ1v) is 5.93. The highest BCUT2D eigenvalue weighted by molar-refractivity contribution is 7.99. The summed E-state index contributed by atoms with van der Waals surface area (Å²) in [5.74, 6) is 1.93. The first kappa shape index (κ1) is 13.2. The maximum atomic E-state index is 9.45. The second-order valence-corrected chi connectivity index (χ2v) is 4.49. The van der Waals surface area contributed by atoms with Crippen molar-refractivity contribution in [1.29, 1.82) is 0 Å². The largest absolute Gasteiger partial charge is 0.391 e. The van der Waals surface area contributed by atoms with Crippen molar-refractivity contribution < 1.29 is 5.11 Å². The van der Waals surface area contributed by atoms with E-state index in [4.69, 9.17) is 0 Å². The Morgan fingerprint density at radius 3 is 2.69 bits per heavy atom. The lowest BCUT2D eigenvalue weighted by Crippen LogP contribution is -2.28. The molecule has 3 nitrogen and oxygen atoms in total. The normalized spacial score (nSPS) is 13.6. The highest BCUT2D eigenvalue weighted by Crippen LogP contribution is 2.02. The number of likely N-dealkylation sites (N-methyl/N-ethyl adjacent to an activating group) is 1. The van der Waals surface area contributed by atoms with Gasteiger partial charge in [0.15, 0.2) is 0 Å². The molecule has 0 aliphatic rings. The van der Waals surface area contributed by atoms with Gasteiger partial charge in [0.05, 0.1) is 6.10 Å². The molecule has 1 atom stereocenters. The summed E-state index contributed by atoms with van der Waals surface area (Å²) in [4.78, 5) is 2.16. The average molecular weight is 206 g/mol. The molecule has 0 fully saturated rings. The minimum absolute atomic E-state index is 0.202. The van der Waals surface area contributed by atoms with Crippen molar-refractivity contribution in [2.24, 2.45) is 0 Å². The maximum Gasteiger partial charge on any atom is 0.0754 e. The van der Waals surface area contributed by atoms with E-state index in [0.717, 1.165) is 24.6 Å². The molecule has 2 N–H and O–H groups in total. The van der Waals surface area contributed by atoms with Crippen LogP contribution in [-0.2, 0) is 0 Å². The molecule has 0 saturated carbocycles. The molecule has 80 valence electrons. The average Bonchev–Trinajstić information content (AvgIpc) is 2.08. The van der Waals surface area contributed by atoms with E-state index in [1.807, 2.05) is 18.7 Å². The van der Waals surface area contributed by atoms with Gasteiger partial charge in [-0.05, 0) is 20.6 Å². The number of nitrogens with zero attached hydrogens (tertiary/aromatic N) is 1. The van der Waals surface area contributed by atoms with E-state index in [0.29, 0.717) is 6.54 Å². The third kappa shape index (κ3) is 10.1. The molecule has 0 aromatic carbocycles. The fourth-order valence-electron chi connectivity index (χ4n) is 0.836. The number of hydrogen-bond acceptors (Lipinski definition) is 4. The fraction of sp³-hybridized carbons (Fsp3) is 1.00. The molecule has 0 amide bonds. The molecule has 1 unspecified atom stereocenters. The van der Waals surface area contributed by atoms with Gasteiger partial charge in [-0.2, -0.15) is 11.8 Å². The highest BCUT2D eigenvalue weighted by Gasteiger charge is 2.02. The van der Waals surface area contributed by atoms with Crippen LogP contribution in [0.5, 0.6) is 0 Å². The van der Waals surface area contributed by atoms with Gasteiger partial charge in [-0.25, -0.2) is 0 Å². The lowest BCUT2D eigenvalue weighted by molar-refractivity contribution is 0.197. The number of aliphatic hydroxyl groups is 1. The zero-order valence-corrected chi connectivity index (χ0v) is 9.73. The van der Waals surface area contributed by atoms with E-state index in [2.05, 4.69) is 24.3 Å². The molecule has 0 aliphatic heterocycles. The number of thioether (sulfide) groups is 1. The van der Waals surface area contributed by atoms with Crippen LogP contribution in [0.25, 0.3) is 0 Å². The Morgan fingerprint density at radius 2 is 2.15 bits per heavy atom. The van der Waals surface area contributed by atoms with Crippen molar-refractivity contribution in [3.63, 3.8) is 0 Å². The summed E-state index contributed by atoms with van der Waals surface area (Å²) >= 11 is 1.81. The molecule has 0 rings (SSSR count). The van der Waals surface area contributed by atoms with Gasteiger partial charge in [0, 0.05) is 24.6 Å². The second kappa shape index (κ2) is 8.81. The summed E-state index contributed by atoms with van der Waals surface area (Å²) in [7, 11) is 4.13. The number of nitrogens with one attached hydrogen (secondary N) is 1. The molecule has 0 aromatic heterocycles. The van der Waals surface area contributed by atoms with E-state index in [1.165, 1.54) is 0 Å². The van der Waals surface area contributed by atoms with Gasteiger partial charge >= 0.3 is 0 Å². The summed E-state index contributed by atoms with van der Waals surface area (Å²) in [6, 6.07) is 0. The van der Waals surface area contributed by atoms with E-state index in [1.54, 1.807) is 0 Å². The zero-order chi connectivity index (χ0) is 10.1. The molecule has 0 aromatic rings. The minimum Gasteiger partial charge on any atom is -0.391 e. The van der Waals surface area contributed by atoms with Crippen molar-refractivity contribution in [3.05, 3.63) is 0 Å². The van der Waals surface area contributed by atoms with Gasteiger partial charge in [-0.1, -0.05) is 6.92 Å². The molecule has 0 radical (unpaired) electrons. The Balaban J connectivity index is 3.12. The number of rotatable bonds is 8. The van der Waals surface area contributed by atoms with Crippen LogP contribution in [0.3, 0.4) is 0 Å². The van der Waals surface area contributed by atoms with Crippen molar-refractivity contribution in [1.82, 2.24) is 10.2 Å². The van der Waals surface area contributed by atoms with E-state index >= 15 is 0 Å². The van der Waals surface area contributed by atoms with Gasteiger partial charge in [-0.15, -0.1) is 0 Å². The minimum atomic E-state index is -0.202. The lowest BCUT2D eigenvalue weighted by Gasteiger charge is -2.12. The molecule has 0 aliphatic carbocycles. The molecule has 13 heavy (non-hydrogen) atoms. The summed E-state index contributed by atoms with van der Waals surface area (Å²) in [5, 5.41) is 12.6. The summed E-state index contributed by atoms with van der Waals surface area (Å²) in [6.45, 7) is 4.77. The highest BCUT2D eigenvalue weighted by atomic mass is 32.2. The van der Waals surface area contributed by atoms with Crippen LogP contribution in [-0.4, -0.2) is 61.3 Å².